The molecular weight excluding hydrogens is 503 g/mol. The largest absolute Gasteiger partial charge is 0.341 e. The van der Waals surface area contributed by atoms with Crippen LogP contribution in [0.4, 0.5) is 18.9 Å². The molecule has 0 bridgehead atoms. The van der Waals surface area contributed by atoms with Gasteiger partial charge in [-0.15, -0.1) is 0 Å². The predicted octanol–water partition coefficient (Wildman–Crippen LogP) is 5.52. The first-order valence-corrected chi connectivity index (χ1v) is 13.1. The van der Waals surface area contributed by atoms with E-state index in [1.54, 1.807) is 0 Å². The van der Waals surface area contributed by atoms with Crippen molar-refractivity contribution >= 4 is 23.6 Å². The summed E-state index contributed by atoms with van der Waals surface area (Å²) in [7, 11) is 2.02. The van der Waals surface area contributed by atoms with Gasteiger partial charge in [0.2, 0.25) is 11.8 Å². The summed E-state index contributed by atoms with van der Waals surface area (Å²) >= 11 is 0. The van der Waals surface area contributed by atoms with Crippen molar-refractivity contribution in [1.82, 2.24) is 9.80 Å². The van der Waals surface area contributed by atoms with Gasteiger partial charge in [-0.25, -0.2) is 13.2 Å². The fraction of sp³-hybridized carbons (Fsp3) is 0.290. The van der Waals surface area contributed by atoms with E-state index in [-0.39, 0.29) is 17.5 Å². The lowest BCUT2D eigenvalue weighted by Crippen LogP contribution is -2.51. The number of hydrogen-bond donors (Lipinski definition) is 1. The molecule has 1 fully saturated rings. The first-order valence-electron chi connectivity index (χ1n) is 13.1. The normalized spacial score (nSPS) is 18.3. The predicted molar refractivity (Wildman–Crippen MR) is 144 cm³/mol. The average molecular weight is 534 g/mol. The molecule has 39 heavy (non-hydrogen) atoms. The summed E-state index contributed by atoms with van der Waals surface area (Å²) in [5.41, 5.74) is 4.32. The lowest BCUT2D eigenvalue weighted by Gasteiger charge is -2.39. The van der Waals surface area contributed by atoms with Crippen LogP contribution in [0.2, 0.25) is 0 Å². The highest BCUT2D eigenvalue weighted by molar-refractivity contribution is 6.01. The van der Waals surface area contributed by atoms with Crippen LogP contribution in [0.25, 0.3) is 6.08 Å². The molecule has 0 saturated carbocycles. The Morgan fingerprint density at radius 2 is 1.56 bits per heavy atom. The molecule has 2 heterocycles. The Bertz CT molecular complexity index is 1380. The third kappa shape index (κ3) is 6.06. The van der Waals surface area contributed by atoms with E-state index < -0.39 is 23.4 Å². The monoisotopic (exact) mass is 533 g/mol. The van der Waals surface area contributed by atoms with Crippen LogP contribution in [-0.4, -0.2) is 47.8 Å². The first kappa shape index (κ1) is 26.7. The van der Waals surface area contributed by atoms with Crippen LogP contribution in [-0.2, 0) is 22.6 Å². The van der Waals surface area contributed by atoms with Crippen LogP contribution >= 0.6 is 0 Å². The molecule has 0 spiro atoms. The Hall–Kier alpha value is -3.91. The molecule has 2 amide bonds. The standard InChI is InChI=1S/C31H30F3N3O2/c1-36-19-24-5-3-2-4-23(24)18-28(36)31(39)37-14-12-22(13-15-37)21-7-9-25(10-8-21)35-29(38)11-6-20-16-26(32)30(34)27(33)17-20/h2-11,16-17,22,28H,12-15,18-19H2,1H3,(H,35,38)/b11-6+. The van der Waals surface area contributed by atoms with Gasteiger partial charge in [-0.1, -0.05) is 36.4 Å². The molecule has 5 rings (SSSR count). The van der Waals surface area contributed by atoms with Gasteiger partial charge in [-0.3, -0.25) is 14.5 Å². The fourth-order valence-electron chi connectivity index (χ4n) is 5.44. The van der Waals surface area contributed by atoms with Crippen LogP contribution in [0, 0.1) is 17.5 Å². The van der Waals surface area contributed by atoms with Gasteiger partial charge in [-0.2, -0.15) is 0 Å². The summed E-state index contributed by atoms with van der Waals surface area (Å²) in [5.74, 6) is -4.12. The fourth-order valence-corrected chi connectivity index (χ4v) is 5.44. The number of rotatable bonds is 5. The first-order chi connectivity index (χ1) is 18.8. The quantitative estimate of drug-likeness (QED) is 0.347. The van der Waals surface area contributed by atoms with Crippen molar-refractivity contribution in [3.8, 4) is 0 Å². The maximum Gasteiger partial charge on any atom is 0.248 e. The second kappa shape index (κ2) is 11.5. The number of halogens is 3. The lowest BCUT2D eigenvalue weighted by atomic mass is 9.88. The van der Waals surface area contributed by atoms with E-state index in [4.69, 9.17) is 0 Å². The number of likely N-dealkylation sites (N-methyl/N-ethyl adjacent to an activating group) is 1. The Labute approximate surface area is 225 Å². The van der Waals surface area contributed by atoms with Crippen molar-refractivity contribution < 1.29 is 22.8 Å². The molecule has 0 aliphatic carbocycles. The second-order valence-corrected chi connectivity index (χ2v) is 10.2. The van der Waals surface area contributed by atoms with Gasteiger partial charge in [0, 0.05) is 31.4 Å². The van der Waals surface area contributed by atoms with Crippen molar-refractivity contribution in [2.24, 2.45) is 0 Å². The van der Waals surface area contributed by atoms with Gasteiger partial charge in [-0.05, 0) is 84.8 Å². The number of hydrogen-bond acceptors (Lipinski definition) is 3. The number of benzene rings is 3. The Morgan fingerprint density at radius 1 is 0.923 bits per heavy atom. The molecule has 1 atom stereocenters. The summed E-state index contributed by atoms with van der Waals surface area (Å²) < 4.78 is 39.8. The number of piperidine rings is 1. The van der Waals surface area contributed by atoms with E-state index >= 15 is 0 Å². The number of anilines is 1. The average Bonchev–Trinajstić information content (AvgIpc) is 2.94. The zero-order valence-electron chi connectivity index (χ0n) is 21.7. The van der Waals surface area contributed by atoms with Gasteiger partial charge in [0.1, 0.15) is 0 Å². The van der Waals surface area contributed by atoms with Crippen molar-refractivity contribution in [3.63, 3.8) is 0 Å². The van der Waals surface area contributed by atoms with E-state index in [9.17, 15) is 22.8 Å². The van der Waals surface area contributed by atoms with E-state index in [1.807, 2.05) is 48.3 Å². The molecule has 3 aromatic carbocycles. The minimum Gasteiger partial charge on any atom is -0.341 e. The van der Waals surface area contributed by atoms with Gasteiger partial charge >= 0.3 is 0 Å². The number of carbonyl (C=O) groups excluding carboxylic acids is 2. The molecular formula is C31H30F3N3O2. The number of nitrogens with zero attached hydrogens (tertiary/aromatic N) is 2. The van der Waals surface area contributed by atoms with Crippen LogP contribution in [0.15, 0.2) is 66.7 Å². The van der Waals surface area contributed by atoms with E-state index in [0.29, 0.717) is 24.7 Å². The highest BCUT2D eigenvalue weighted by Gasteiger charge is 2.34. The molecule has 3 aromatic rings. The maximum absolute atomic E-state index is 13.3. The Morgan fingerprint density at radius 3 is 2.23 bits per heavy atom. The van der Waals surface area contributed by atoms with Crippen molar-refractivity contribution in [2.75, 3.05) is 25.5 Å². The summed E-state index contributed by atoms with van der Waals surface area (Å²) in [6, 6.07) is 17.4. The number of nitrogens with one attached hydrogen (secondary N) is 1. The highest BCUT2D eigenvalue weighted by atomic mass is 19.2. The summed E-state index contributed by atoms with van der Waals surface area (Å²) in [6.07, 6.45) is 4.84. The Balaban J connectivity index is 1.13. The minimum absolute atomic E-state index is 0.0432. The summed E-state index contributed by atoms with van der Waals surface area (Å²) in [5, 5.41) is 2.71. The third-order valence-electron chi connectivity index (χ3n) is 7.66. The molecule has 1 unspecified atom stereocenters. The van der Waals surface area contributed by atoms with Crippen molar-refractivity contribution in [2.45, 2.75) is 37.8 Å². The molecule has 1 saturated heterocycles. The van der Waals surface area contributed by atoms with Gasteiger partial charge in [0.05, 0.1) is 6.04 Å². The van der Waals surface area contributed by atoms with Gasteiger partial charge in [0.25, 0.3) is 0 Å². The highest BCUT2D eigenvalue weighted by Crippen LogP contribution is 2.30. The zero-order chi connectivity index (χ0) is 27.5. The SMILES string of the molecule is CN1Cc2ccccc2CC1C(=O)N1CCC(c2ccc(NC(=O)/C=C/c3cc(F)c(F)c(F)c3)cc2)CC1. The third-order valence-corrected chi connectivity index (χ3v) is 7.66. The zero-order valence-corrected chi connectivity index (χ0v) is 21.7. The molecule has 5 nitrogen and oxygen atoms in total. The molecule has 2 aliphatic rings. The van der Waals surface area contributed by atoms with Gasteiger partial charge < -0.3 is 10.2 Å². The van der Waals surface area contributed by atoms with Crippen molar-refractivity contribution in [3.05, 3.63) is 106 Å². The molecule has 2 aliphatic heterocycles. The van der Waals surface area contributed by atoms with E-state index in [1.165, 1.54) is 17.2 Å². The minimum atomic E-state index is -1.54. The van der Waals surface area contributed by atoms with Crippen LogP contribution in [0.3, 0.4) is 0 Å². The molecule has 8 heteroatoms. The van der Waals surface area contributed by atoms with Crippen LogP contribution in [0.5, 0.6) is 0 Å². The second-order valence-electron chi connectivity index (χ2n) is 10.2. The molecule has 0 aromatic heterocycles. The topological polar surface area (TPSA) is 52.7 Å². The number of fused-ring (bicyclic) bond motifs is 1. The molecule has 1 N–H and O–H groups in total. The van der Waals surface area contributed by atoms with E-state index in [2.05, 4.69) is 22.3 Å². The van der Waals surface area contributed by atoms with Crippen molar-refractivity contribution in [1.29, 1.82) is 0 Å². The summed E-state index contributed by atoms with van der Waals surface area (Å²) in [4.78, 5) is 29.7. The van der Waals surface area contributed by atoms with E-state index in [0.717, 1.165) is 49.6 Å². The lowest BCUT2D eigenvalue weighted by molar-refractivity contribution is -0.138. The molecule has 202 valence electrons. The number of likely N-dealkylation sites (tertiary alicyclic amines) is 1. The maximum atomic E-state index is 13.3. The number of amides is 2. The smallest absolute Gasteiger partial charge is 0.248 e. The molecule has 0 radical (unpaired) electrons. The van der Waals surface area contributed by atoms with Gasteiger partial charge in [0.15, 0.2) is 17.5 Å². The summed E-state index contributed by atoms with van der Waals surface area (Å²) in [6.45, 7) is 2.21. The Kier molecular flexibility index (Phi) is 7.84. The van der Waals surface area contributed by atoms with Crippen LogP contribution in [0.1, 0.15) is 41.0 Å². The van der Waals surface area contributed by atoms with Crippen LogP contribution < -0.4 is 5.32 Å². The number of carbonyl (C=O) groups is 2.